The quantitative estimate of drug-likeness (QED) is 0.102. The molecule has 1 fully saturated rings. The topological polar surface area (TPSA) is 114 Å². The Morgan fingerprint density at radius 1 is 0.510 bits per heavy atom. The molecule has 1 saturated heterocycles. The van der Waals surface area contributed by atoms with E-state index in [4.69, 9.17) is 23.7 Å². The first-order valence-electron chi connectivity index (χ1n) is 16.2. The number of carbonyl (C=O) groups is 4. The molecule has 0 aromatic heterocycles. The van der Waals surface area contributed by atoms with E-state index in [2.05, 4.69) is 0 Å². The van der Waals surface area contributed by atoms with Gasteiger partial charge >= 0.3 is 23.9 Å². The van der Waals surface area contributed by atoms with Gasteiger partial charge in [-0.15, -0.1) is 0 Å². The molecule has 5 atom stereocenters. The Morgan fingerprint density at radius 3 is 1.35 bits per heavy atom. The molecular weight excluding hydrogens is 669 g/mol. The Hall–Kier alpha value is -5.71. The number of esters is 4. The van der Waals surface area contributed by atoms with Gasteiger partial charge in [-0.1, -0.05) is 102 Å². The number of ether oxygens (including phenoxy) is 5. The molecule has 0 aliphatic carbocycles. The van der Waals surface area contributed by atoms with Crippen molar-refractivity contribution < 1.29 is 42.9 Å². The van der Waals surface area contributed by atoms with E-state index in [-0.39, 0.29) is 23.3 Å². The summed E-state index contributed by atoms with van der Waals surface area (Å²) in [5, 5.41) is 0. The second-order valence-electron chi connectivity index (χ2n) is 11.6. The van der Waals surface area contributed by atoms with Gasteiger partial charge in [-0.25, -0.2) is 19.2 Å². The molecular formula is C41H34O9S. The van der Waals surface area contributed by atoms with Gasteiger partial charge in [0.2, 0.25) is 0 Å². The summed E-state index contributed by atoms with van der Waals surface area (Å²) >= 11 is 1.23. The molecule has 5 aromatic rings. The SMILES string of the molecule is Cc1ccc(SC2O[C@H](COC(=O)c3ccccc3)[C@@H](OC(=O)c3ccccc3)[C@H](OC(=O)c3ccccc3)[C@H]2OC(=O)c2ccccc2)cc1. The lowest BCUT2D eigenvalue weighted by Gasteiger charge is -2.44. The van der Waals surface area contributed by atoms with Crippen molar-refractivity contribution in [3.8, 4) is 0 Å². The third-order valence-electron chi connectivity index (χ3n) is 8.01. The molecule has 1 unspecified atom stereocenters. The molecule has 0 amide bonds. The highest BCUT2D eigenvalue weighted by Gasteiger charge is 2.53. The summed E-state index contributed by atoms with van der Waals surface area (Å²) in [7, 11) is 0. The van der Waals surface area contributed by atoms with E-state index in [0.29, 0.717) is 5.56 Å². The lowest BCUT2D eigenvalue weighted by molar-refractivity contribution is -0.207. The van der Waals surface area contributed by atoms with Crippen LogP contribution < -0.4 is 0 Å². The second kappa shape index (κ2) is 16.8. The van der Waals surface area contributed by atoms with Crippen molar-refractivity contribution in [1.82, 2.24) is 0 Å². The summed E-state index contributed by atoms with van der Waals surface area (Å²) in [5.74, 6) is -2.84. The van der Waals surface area contributed by atoms with Crippen LogP contribution in [-0.2, 0) is 23.7 Å². The first kappa shape index (κ1) is 35.1. The van der Waals surface area contributed by atoms with E-state index in [9.17, 15) is 19.2 Å². The molecule has 10 heteroatoms. The Kier molecular flexibility index (Phi) is 11.6. The zero-order chi connectivity index (χ0) is 35.6. The third kappa shape index (κ3) is 9.10. The zero-order valence-electron chi connectivity index (χ0n) is 27.5. The standard InChI is InChI=1S/C41H34O9S/c1-27-22-24-32(25-23-27)51-41-36(50-40(45)31-20-12-5-13-21-31)35(49-39(44)30-18-10-4-11-19-30)34(48-38(43)29-16-8-3-9-17-29)33(47-41)26-46-37(42)28-14-6-2-7-15-28/h2-25,33-36,41H,26H2,1H3/t33-,34-,35+,36-,41?/m1/s1. The second-order valence-corrected chi connectivity index (χ2v) is 12.8. The van der Waals surface area contributed by atoms with E-state index < -0.39 is 53.7 Å². The van der Waals surface area contributed by atoms with E-state index in [0.717, 1.165) is 10.5 Å². The summed E-state index contributed by atoms with van der Waals surface area (Å²) < 4.78 is 30.6. The molecule has 6 rings (SSSR count). The van der Waals surface area contributed by atoms with E-state index in [1.165, 1.54) is 11.8 Å². The molecule has 9 nitrogen and oxygen atoms in total. The number of rotatable bonds is 11. The predicted octanol–water partition coefficient (Wildman–Crippen LogP) is 7.35. The number of aryl methyl sites for hydroxylation is 1. The van der Waals surface area contributed by atoms with Gasteiger partial charge in [0.25, 0.3) is 0 Å². The normalized spacial score (nSPS) is 19.7. The molecule has 0 saturated carbocycles. The number of thioether (sulfide) groups is 1. The minimum Gasteiger partial charge on any atom is -0.459 e. The highest BCUT2D eigenvalue weighted by Crippen LogP contribution is 2.38. The maximum absolute atomic E-state index is 13.7. The zero-order valence-corrected chi connectivity index (χ0v) is 28.3. The molecule has 0 bridgehead atoms. The summed E-state index contributed by atoms with van der Waals surface area (Å²) in [6.07, 6.45) is -5.26. The van der Waals surface area contributed by atoms with Crippen molar-refractivity contribution in [1.29, 1.82) is 0 Å². The molecule has 1 aliphatic rings. The number of carbonyl (C=O) groups excluding carboxylic acids is 4. The maximum Gasteiger partial charge on any atom is 0.338 e. The average molecular weight is 703 g/mol. The summed E-state index contributed by atoms with van der Waals surface area (Å²) in [6.45, 7) is 1.57. The van der Waals surface area contributed by atoms with Crippen molar-refractivity contribution in [3.05, 3.63) is 173 Å². The van der Waals surface area contributed by atoms with Gasteiger partial charge in [-0.3, -0.25) is 0 Å². The van der Waals surface area contributed by atoms with Crippen molar-refractivity contribution in [2.24, 2.45) is 0 Å². The van der Waals surface area contributed by atoms with Gasteiger partial charge in [-0.05, 0) is 67.6 Å². The van der Waals surface area contributed by atoms with Crippen molar-refractivity contribution in [2.45, 2.75) is 41.7 Å². The summed E-state index contributed by atoms with van der Waals surface area (Å²) in [4.78, 5) is 54.9. The van der Waals surface area contributed by atoms with Crippen LogP contribution in [0.4, 0.5) is 0 Å². The van der Waals surface area contributed by atoms with Gasteiger partial charge in [-0.2, -0.15) is 0 Å². The molecule has 0 radical (unpaired) electrons. The van der Waals surface area contributed by atoms with Crippen LogP contribution in [0.1, 0.15) is 47.0 Å². The van der Waals surface area contributed by atoms with Crippen LogP contribution >= 0.6 is 11.8 Å². The lowest BCUT2D eigenvalue weighted by Crippen LogP contribution is -2.61. The molecule has 0 spiro atoms. The monoisotopic (exact) mass is 702 g/mol. The average Bonchev–Trinajstić information content (AvgIpc) is 3.18. The lowest BCUT2D eigenvalue weighted by atomic mass is 9.98. The smallest absolute Gasteiger partial charge is 0.338 e. The fourth-order valence-corrected chi connectivity index (χ4v) is 6.48. The predicted molar refractivity (Wildman–Crippen MR) is 189 cm³/mol. The van der Waals surface area contributed by atoms with Crippen LogP contribution in [0.5, 0.6) is 0 Å². The number of benzene rings is 5. The Bertz CT molecular complexity index is 1920. The fourth-order valence-electron chi connectivity index (χ4n) is 5.37. The molecule has 0 N–H and O–H groups in total. The largest absolute Gasteiger partial charge is 0.459 e. The van der Waals surface area contributed by atoms with Gasteiger partial charge in [0, 0.05) is 4.90 Å². The molecule has 5 aromatic carbocycles. The molecule has 258 valence electrons. The minimum atomic E-state index is -1.41. The van der Waals surface area contributed by atoms with Crippen LogP contribution in [0.25, 0.3) is 0 Å². The van der Waals surface area contributed by atoms with Crippen molar-refractivity contribution in [2.75, 3.05) is 6.61 Å². The number of hydrogen-bond acceptors (Lipinski definition) is 10. The van der Waals surface area contributed by atoms with Crippen LogP contribution in [0.3, 0.4) is 0 Å². The van der Waals surface area contributed by atoms with E-state index in [1.807, 2.05) is 31.2 Å². The molecule has 51 heavy (non-hydrogen) atoms. The minimum absolute atomic E-state index is 0.222. The van der Waals surface area contributed by atoms with Gasteiger partial charge < -0.3 is 23.7 Å². The molecule has 1 aliphatic heterocycles. The third-order valence-corrected chi connectivity index (χ3v) is 9.17. The fraction of sp³-hybridized carbons (Fsp3) is 0.171. The maximum atomic E-state index is 13.7. The highest BCUT2D eigenvalue weighted by molar-refractivity contribution is 7.99. The van der Waals surface area contributed by atoms with Crippen LogP contribution in [0, 0.1) is 6.92 Å². The Morgan fingerprint density at radius 2 is 0.902 bits per heavy atom. The van der Waals surface area contributed by atoms with Crippen molar-refractivity contribution in [3.63, 3.8) is 0 Å². The first-order chi connectivity index (χ1) is 24.9. The van der Waals surface area contributed by atoms with Crippen LogP contribution in [0.15, 0.2) is 150 Å². The van der Waals surface area contributed by atoms with Gasteiger partial charge in [0.1, 0.15) is 18.1 Å². The Balaban J connectivity index is 1.41. The van der Waals surface area contributed by atoms with Crippen LogP contribution in [0.2, 0.25) is 0 Å². The van der Waals surface area contributed by atoms with E-state index in [1.54, 1.807) is 121 Å². The summed E-state index contributed by atoms with van der Waals surface area (Å²) in [5.41, 5.74) is 1.02. The first-order valence-corrected chi connectivity index (χ1v) is 17.1. The van der Waals surface area contributed by atoms with Crippen LogP contribution in [-0.4, -0.2) is 60.3 Å². The van der Waals surface area contributed by atoms with Gasteiger partial charge in [0.15, 0.2) is 18.3 Å². The van der Waals surface area contributed by atoms with Gasteiger partial charge in [0.05, 0.1) is 22.3 Å². The van der Waals surface area contributed by atoms with E-state index >= 15 is 0 Å². The van der Waals surface area contributed by atoms with Crippen molar-refractivity contribution >= 4 is 35.6 Å². The Labute approximate surface area is 299 Å². The summed E-state index contributed by atoms with van der Waals surface area (Å²) in [6, 6.07) is 40.9. The highest BCUT2D eigenvalue weighted by atomic mass is 32.2. The molecule has 1 heterocycles. The number of hydrogen-bond donors (Lipinski definition) is 0.